The lowest BCUT2D eigenvalue weighted by Crippen LogP contribution is -1.71. The first-order valence-electron chi connectivity index (χ1n) is 4.67. The Hall–Kier alpha value is -0.780. The van der Waals surface area contributed by atoms with E-state index in [1.54, 1.807) is 6.08 Å². The molecule has 67 valence electrons. The van der Waals surface area contributed by atoms with Crippen molar-refractivity contribution in [3.05, 3.63) is 42.9 Å². The maximum Gasteiger partial charge on any atom is -0.0276 e. The molecule has 1 aliphatic carbocycles. The number of rotatable bonds is 2. The van der Waals surface area contributed by atoms with E-state index in [1.165, 1.54) is 30.4 Å². The van der Waals surface area contributed by atoms with Crippen molar-refractivity contribution in [2.75, 3.05) is 0 Å². The summed E-state index contributed by atoms with van der Waals surface area (Å²) in [6.45, 7) is 11.6. The van der Waals surface area contributed by atoms with Gasteiger partial charge in [-0.3, -0.25) is 0 Å². The van der Waals surface area contributed by atoms with Crippen LogP contribution in [0.5, 0.6) is 0 Å². The fourth-order valence-electron chi connectivity index (χ4n) is 1.21. The molecule has 0 saturated carbocycles. The van der Waals surface area contributed by atoms with Gasteiger partial charge in [-0.25, -0.2) is 0 Å². The minimum atomic E-state index is 1.18. The van der Waals surface area contributed by atoms with Crippen molar-refractivity contribution in [2.24, 2.45) is 0 Å². The first kappa shape index (κ1) is 11.2. The lowest BCUT2D eigenvalue weighted by molar-refractivity contribution is 0.906. The SMILES string of the molecule is CC.[CH2]C1=C(/C=C\C=C)CCC1. The van der Waals surface area contributed by atoms with E-state index in [0.29, 0.717) is 0 Å². The topological polar surface area (TPSA) is 0 Å². The molecule has 1 radical (unpaired) electrons. The van der Waals surface area contributed by atoms with Gasteiger partial charge in [0.1, 0.15) is 0 Å². The maximum atomic E-state index is 3.97. The Labute approximate surface area is 76.7 Å². The molecule has 0 aromatic heterocycles. The van der Waals surface area contributed by atoms with Crippen LogP contribution in [0.2, 0.25) is 0 Å². The van der Waals surface area contributed by atoms with E-state index < -0.39 is 0 Å². The molecule has 0 bridgehead atoms. The molecule has 1 aliphatic rings. The highest BCUT2D eigenvalue weighted by molar-refractivity contribution is 5.32. The Morgan fingerprint density at radius 2 is 1.92 bits per heavy atom. The van der Waals surface area contributed by atoms with E-state index in [4.69, 9.17) is 0 Å². The third-order valence-electron chi connectivity index (χ3n) is 1.81. The summed E-state index contributed by atoms with van der Waals surface area (Å²) in [6.07, 6.45) is 9.54. The second-order valence-electron chi connectivity index (χ2n) is 2.58. The second-order valence-corrected chi connectivity index (χ2v) is 2.58. The first-order valence-corrected chi connectivity index (χ1v) is 4.67. The molecule has 0 nitrogen and oxygen atoms in total. The smallest absolute Gasteiger partial charge is 0.0276 e. The van der Waals surface area contributed by atoms with Gasteiger partial charge >= 0.3 is 0 Å². The summed E-state index contributed by atoms with van der Waals surface area (Å²) in [5.74, 6) is 0. The van der Waals surface area contributed by atoms with Crippen molar-refractivity contribution in [1.29, 1.82) is 0 Å². The molecule has 0 aromatic carbocycles. The van der Waals surface area contributed by atoms with Crippen molar-refractivity contribution in [3.8, 4) is 0 Å². The monoisotopic (exact) mass is 163 g/mol. The van der Waals surface area contributed by atoms with Gasteiger partial charge in [-0.1, -0.05) is 44.2 Å². The first-order chi connectivity index (χ1) is 5.84. The number of allylic oxidation sites excluding steroid dienone is 5. The normalized spacial score (nSPS) is 16.2. The molecule has 0 heteroatoms. The second kappa shape index (κ2) is 6.90. The Bertz CT molecular complexity index is 182. The van der Waals surface area contributed by atoms with Crippen LogP contribution in [0.3, 0.4) is 0 Å². The van der Waals surface area contributed by atoms with E-state index in [2.05, 4.69) is 19.6 Å². The van der Waals surface area contributed by atoms with Crippen molar-refractivity contribution in [3.63, 3.8) is 0 Å². The molecule has 0 amide bonds. The van der Waals surface area contributed by atoms with Crippen molar-refractivity contribution in [1.82, 2.24) is 0 Å². The molecule has 12 heavy (non-hydrogen) atoms. The fourth-order valence-corrected chi connectivity index (χ4v) is 1.21. The summed E-state index contributed by atoms with van der Waals surface area (Å²) in [6, 6.07) is 0. The van der Waals surface area contributed by atoms with Crippen molar-refractivity contribution in [2.45, 2.75) is 33.1 Å². The van der Waals surface area contributed by atoms with E-state index >= 15 is 0 Å². The average molecular weight is 163 g/mol. The van der Waals surface area contributed by atoms with Crippen LogP contribution in [-0.2, 0) is 0 Å². The molecule has 0 fully saturated rings. The van der Waals surface area contributed by atoms with Gasteiger partial charge in [0, 0.05) is 0 Å². The third-order valence-corrected chi connectivity index (χ3v) is 1.81. The summed E-state index contributed by atoms with van der Waals surface area (Å²) in [7, 11) is 0. The molecule has 0 heterocycles. The lowest BCUT2D eigenvalue weighted by Gasteiger charge is -1.91. The predicted molar refractivity (Wildman–Crippen MR) is 56.9 cm³/mol. The molecule has 0 aliphatic heterocycles. The van der Waals surface area contributed by atoms with E-state index in [9.17, 15) is 0 Å². The zero-order valence-corrected chi connectivity index (χ0v) is 8.27. The molecule has 0 unspecified atom stereocenters. The summed E-state index contributed by atoms with van der Waals surface area (Å²) in [4.78, 5) is 0. The van der Waals surface area contributed by atoms with Gasteiger partial charge < -0.3 is 0 Å². The molecule has 0 atom stereocenters. The van der Waals surface area contributed by atoms with Gasteiger partial charge in [-0.05, 0) is 31.8 Å². The van der Waals surface area contributed by atoms with Crippen LogP contribution < -0.4 is 0 Å². The van der Waals surface area contributed by atoms with E-state index in [1.807, 2.05) is 19.9 Å². The minimum absolute atomic E-state index is 1.18. The van der Waals surface area contributed by atoms with Crippen LogP contribution in [0, 0.1) is 6.92 Å². The molecule has 0 aromatic rings. The maximum absolute atomic E-state index is 3.97. The van der Waals surface area contributed by atoms with Crippen LogP contribution in [-0.4, -0.2) is 0 Å². The van der Waals surface area contributed by atoms with Gasteiger partial charge in [0.05, 0.1) is 0 Å². The summed E-state index contributed by atoms with van der Waals surface area (Å²) < 4.78 is 0. The average Bonchev–Trinajstić information content (AvgIpc) is 2.51. The number of hydrogen-bond donors (Lipinski definition) is 0. The predicted octanol–water partition coefficient (Wildman–Crippen LogP) is 4.07. The van der Waals surface area contributed by atoms with Crippen LogP contribution >= 0.6 is 0 Å². The van der Waals surface area contributed by atoms with Gasteiger partial charge in [0.15, 0.2) is 0 Å². The summed E-state index contributed by atoms with van der Waals surface area (Å²) in [5, 5.41) is 0. The summed E-state index contributed by atoms with van der Waals surface area (Å²) in [5.41, 5.74) is 2.71. The van der Waals surface area contributed by atoms with Crippen LogP contribution in [0.4, 0.5) is 0 Å². The zero-order chi connectivity index (χ0) is 9.40. The molecule has 0 N–H and O–H groups in total. The van der Waals surface area contributed by atoms with Crippen LogP contribution in [0.25, 0.3) is 0 Å². The van der Waals surface area contributed by atoms with Crippen LogP contribution in [0.1, 0.15) is 33.1 Å². The molecule has 0 spiro atoms. The van der Waals surface area contributed by atoms with Crippen LogP contribution in [0.15, 0.2) is 36.0 Å². The van der Waals surface area contributed by atoms with Gasteiger partial charge in [-0.15, -0.1) is 0 Å². The van der Waals surface area contributed by atoms with Gasteiger partial charge in [-0.2, -0.15) is 0 Å². The highest BCUT2D eigenvalue weighted by Crippen LogP contribution is 2.25. The molecule has 1 rings (SSSR count). The highest BCUT2D eigenvalue weighted by atomic mass is 14.1. The molecular formula is C12H19. The van der Waals surface area contributed by atoms with E-state index in [-0.39, 0.29) is 0 Å². The van der Waals surface area contributed by atoms with E-state index in [0.717, 1.165) is 0 Å². The van der Waals surface area contributed by atoms with Crippen molar-refractivity contribution >= 4 is 0 Å². The largest absolute Gasteiger partial charge is 0.0991 e. The highest BCUT2D eigenvalue weighted by Gasteiger charge is 2.06. The number of hydrogen-bond acceptors (Lipinski definition) is 0. The Balaban J connectivity index is 0.000000561. The Morgan fingerprint density at radius 3 is 2.33 bits per heavy atom. The zero-order valence-electron chi connectivity index (χ0n) is 8.27. The molecule has 0 saturated heterocycles. The standard InChI is InChI=1S/C10H13.C2H6/c1-3-4-7-10-8-5-6-9(10)2;1-2/h3-4,7H,1-2,5-6,8H2;1-2H3/b7-4-;. The Kier molecular flexibility index (Phi) is 6.45. The Morgan fingerprint density at radius 1 is 1.25 bits per heavy atom. The van der Waals surface area contributed by atoms with Gasteiger partial charge in [0.25, 0.3) is 0 Å². The summed E-state index contributed by atoms with van der Waals surface area (Å²) >= 11 is 0. The quantitative estimate of drug-likeness (QED) is 0.538. The van der Waals surface area contributed by atoms with Crippen molar-refractivity contribution < 1.29 is 0 Å². The fraction of sp³-hybridized carbons (Fsp3) is 0.417. The third kappa shape index (κ3) is 3.56. The molecular weight excluding hydrogens is 144 g/mol. The lowest BCUT2D eigenvalue weighted by atomic mass is 10.1. The minimum Gasteiger partial charge on any atom is -0.0991 e. The van der Waals surface area contributed by atoms with Gasteiger partial charge in [0.2, 0.25) is 0 Å².